The molecule has 7 aromatic carbocycles. The fourth-order valence-corrected chi connectivity index (χ4v) is 12.2. The van der Waals surface area contributed by atoms with E-state index in [4.69, 9.17) is 0 Å². The van der Waals surface area contributed by atoms with Crippen molar-refractivity contribution >= 4 is 60.3 Å². The normalized spacial score (nSPS) is 14.7. The van der Waals surface area contributed by atoms with E-state index in [1.165, 1.54) is 45.1 Å². The summed E-state index contributed by atoms with van der Waals surface area (Å²) < 4.78 is 341. The number of hydrogen-bond acceptors (Lipinski definition) is 0. The standard InChI is InChI=1S/C32H12BF24.C18H14Si.C10H15.C3H9P.Ir/c34-25(35,36)13-1-14(26(37,38)39)6-21(5-13)33(22-7-15(27(40,41)42)2-16(8-22)28(43,44)45,23-9-17(29(46,47)48)3-18(10-23)30(49,50)51)24-11-19(31(52,53)54)4-20(12-24)32(55,56)57;1-4-10-16(11-5-1)19(17-12-6-2-7-13-17)18-14-8-3-9-15-18;1-6-7(2)9(4)10(5)8(6)3;1-4(2)3;/h1-12H;1-14H;1-5H3;1-3H3;/q2*-1;;;+3. The summed E-state index contributed by atoms with van der Waals surface area (Å²) in [5.41, 5.74) is -30.2. The zero-order valence-corrected chi connectivity index (χ0v) is 52.7. The maximum Gasteiger partial charge on any atom is 3.00 e. The van der Waals surface area contributed by atoms with Gasteiger partial charge in [-0.1, -0.05) is 154 Å². The van der Waals surface area contributed by atoms with Crippen LogP contribution in [0.15, 0.2) is 158 Å². The van der Waals surface area contributed by atoms with Crippen LogP contribution in [0.3, 0.4) is 0 Å². The molecular formula is C63H50BF24IrPSi+. The molecule has 0 spiro atoms. The zero-order chi connectivity index (χ0) is 68.3. The van der Waals surface area contributed by atoms with Crippen molar-refractivity contribution in [3.63, 3.8) is 0 Å². The first kappa shape index (κ1) is 77.7. The van der Waals surface area contributed by atoms with Crippen LogP contribution in [0, 0.1) is 35.7 Å². The molecule has 0 nitrogen and oxygen atoms in total. The number of benzene rings is 7. The molecule has 0 aliphatic heterocycles. The predicted octanol–water partition coefficient (Wildman–Crippen LogP) is 17.5. The quantitative estimate of drug-likeness (QED) is 0.0491. The summed E-state index contributed by atoms with van der Waals surface area (Å²) in [5.74, 6) is 7.34. The van der Waals surface area contributed by atoms with Gasteiger partial charge in [-0.3, -0.25) is 0 Å². The van der Waals surface area contributed by atoms with E-state index in [1.54, 1.807) is 0 Å². The van der Waals surface area contributed by atoms with Gasteiger partial charge in [0, 0.05) is 0 Å². The molecule has 7 aromatic rings. The Labute approximate surface area is 525 Å². The van der Waals surface area contributed by atoms with E-state index in [0.717, 1.165) is 0 Å². The van der Waals surface area contributed by atoms with Crippen molar-refractivity contribution in [2.75, 3.05) is 20.0 Å². The minimum Gasteiger partial charge on any atom is -0.194 e. The number of alkyl halides is 24. The molecule has 6 radical (unpaired) electrons. The van der Waals surface area contributed by atoms with Gasteiger partial charge in [0.1, 0.15) is 14.9 Å². The predicted molar refractivity (Wildman–Crippen MR) is 302 cm³/mol. The van der Waals surface area contributed by atoms with E-state index in [1.807, 2.05) is 12.1 Å². The first-order valence-electron chi connectivity index (χ1n) is 26.1. The van der Waals surface area contributed by atoms with Gasteiger partial charge >= 0.3 is 69.5 Å². The molecule has 0 unspecified atom stereocenters. The van der Waals surface area contributed by atoms with Crippen LogP contribution in [0.4, 0.5) is 105 Å². The molecule has 1 aliphatic rings. The van der Waals surface area contributed by atoms with Crippen molar-refractivity contribution in [3.05, 3.63) is 238 Å². The second-order valence-corrected chi connectivity index (χ2v) is 26.2. The summed E-state index contributed by atoms with van der Waals surface area (Å²) in [6, 6.07) is 24.4. The third kappa shape index (κ3) is 19.6. The summed E-state index contributed by atoms with van der Waals surface area (Å²) in [5, 5.41) is 4.12. The van der Waals surface area contributed by atoms with Crippen LogP contribution in [-0.2, 0) is 69.5 Å². The third-order valence-corrected chi connectivity index (χ3v) is 17.0. The number of halogens is 24. The topological polar surface area (TPSA) is 0 Å². The van der Waals surface area contributed by atoms with Crippen LogP contribution in [0.1, 0.15) is 79.1 Å². The van der Waals surface area contributed by atoms with Gasteiger partial charge in [0.25, 0.3) is 0 Å². The Morgan fingerprint density at radius 3 is 0.648 bits per heavy atom. The molecule has 1 fully saturated rings. The van der Waals surface area contributed by atoms with E-state index in [-0.39, 0.29) is 20.1 Å². The van der Waals surface area contributed by atoms with Crippen LogP contribution < -0.4 is 37.4 Å². The Morgan fingerprint density at radius 2 is 0.484 bits per heavy atom. The number of rotatable bonds is 7. The first-order chi connectivity index (χ1) is 41.0. The fraction of sp³-hybridized carbons (Fsp3) is 0.254. The fourth-order valence-electron chi connectivity index (χ4n) is 9.71. The molecule has 0 amide bonds. The van der Waals surface area contributed by atoms with Crippen LogP contribution >= 0.6 is 7.92 Å². The Bertz CT molecular complexity index is 2900. The molecule has 28 heteroatoms. The van der Waals surface area contributed by atoms with Gasteiger partial charge in [-0.25, -0.2) is 0 Å². The molecule has 0 N–H and O–H groups in total. The molecule has 0 heterocycles. The smallest absolute Gasteiger partial charge is 0.194 e. The maximum atomic E-state index is 14.2. The van der Waals surface area contributed by atoms with Gasteiger partial charge in [-0.15, -0.1) is 7.92 Å². The summed E-state index contributed by atoms with van der Waals surface area (Å²) in [4.78, 5) is 0. The van der Waals surface area contributed by atoms with Gasteiger partial charge in [-0.2, -0.15) is 163 Å². The average Bonchev–Trinajstić information content (AvgIpc) is 1.15. The Hall–Kier alpha value is -5.78. The summed E-state index contributed by atoms with van der Waals surface area (Å²) in [7, 11) is -0.553. The molecule has 0 bridgehead atoms. The second-order valence-electron chi connectivity index (χ2n) is 21.1. The molecule has 8 rings (SSSR count). The van der Waals surface area contributed by atoms with Gasteiger partial charge < -0.3 is 0 Å². The third-order valence-electron chi connectivity index (χ3n) is 14.4. The van der Waals surface area contributed by atoms with Crippen molar-refractivity contribution in [2.45, 2.75) is 84.0 Å². The van der Waals surface area contributed by atoms with Gasteiger partial charge in [0.05, 0.1) is 44.5 Å². The molecule has 0 aromatic heterocycles. The van der Waals surface area contributed by atoms with Crippen LogP contribution in [0.2, 0.25) is 0 Å². The molecule has 91 heavy (non-hydrogen) atoms. The Morgan fingerprint density at radius 1 is 0.297 bits per heavy atom. The van der Waals surface area contributed by atoms with Gasteiger partial charge in [0.2, 0.25) is 0 Å². The molecular weight excluding hydrogens is 1470 g/mol. The maximum absolute atomic E-state index is 14.2. The molecule has 0 atom stereocenters. The van der Waals surface area contributed by atoms with Gasteiger partial charge in [0.15, 0.2) is 0 Å². The largest absolute Gasteiger partial charge is 3.00 e. The number of hydrogen-bond donors (Lipinski definition) is 0. The Balaban J connectivity index is 0.000000416. The summed E-state index contributed by atoms with van der Waals surface area (Å²) >= 11 is 0. The van der Waals surface area contributed by atoms with Crippen LogP contribution in [0.25, 0.3) is 0 Å². The van der Waals surface area contributed by atoms with Crippen molar-refractivity contribution in [2.24, 2.45) is 0 Å². The molecule has 1 saturated carbocycles. The molecule has 1 aliphatic carbocycles. The van der Waals surface area contributed by atoms with Crippen LogP contribution in [-0.4, -0.2) is 34.9 Å². The van der Waals surface area contributed by atoms with Crippen LogP contribution in [0.5, 0.6) is 0 Å². The second kappa shape index (κ2) is 29.2. The van der Waals surface area contributed by atoms with E-state index >= 15 is 0 Å². The summed E-state index contributed by atoms with van der Waals surface area (Å²) in [6.07, 6.45) is -54.8. The van der Waals surface area contributed by atoms with E-state index in [9.17, 15) is 105 Å². The molecule has 490 valence electrons. The SMILES string of the molecule is CP(C)C.C[C]1[C](C)[C](C)[C](C)[C]1C.FC(F)(F)c1cc([B-](c2cc(C(F)(F)F)cc(C(F)(F)F)c2)(c2cc(C(F)(F)F)cc(C(F)(F)F)c2)c2cc(C(F)(F)F)cc(C(F)(F)F)c2)cc(C(F)(F)F)c1.[Ir+3].[c-]1ccccc1[Si](c1ccccc1)c1ccccc1. The average molecular weight is 1530 g/mol. The van der Waals surface area contributed by atoms with Crippen molar-refractivity contribution in [1.82, 2.24) is 0 Å². The van der Waals surface area contributed by atoms with E-state index in [2.05, 4.69) is 133 Å². The van der Waals surface area contributed by atoms with E-state index in [0.29, 0.717) is 7.92 Å². The Kier molecular flexibility index (Phi) is 25.0. The van der Waals surface area contributed by atoms with Crippen molar-refractivity contribution in [3.8, 4) is 0 Å². The minimum atomic E-state index is -6.13. The molecule has 0 saturated heterocycles. The zero-order valence-electron chi connectivity index (χ0n) is 48.4. The minimum absolute atomic E-state index is 0. The van der Waals surface area contributed by atoms with Crippen molar-refractivity contribution < 1.29 is 125 Å². The summed E-state index contributed by atoms with van der Waals surface area (Å²) in [6.45, 7) is 17.7. The van der Waals surface area contributed by atoms with E-state index < -0.39 is 204 Å². The first-order valence-corrected chi connectivity index (χ1v) is 30.3. The van der Waals surface area contributed by atoms with Crippen molar-refractivity contribution in [1.29, 1.82) is 0 Å². The van der Waals surface area contributed by atoms with Gasteiger partial charge in [-0.05, 0) is 73.8 Å². The monoisotopic (exact) mass is 1530 g/mol.